The summed E-state index contributed by atoms with van der Waals surface area (Å²) >= 11 is 5.88. The van der Waals surface area contributed by atoms with Crippen molar-refractivity contribution in [3.05, 3.63) is 88.6 Å². The van der Waals surface area contributed by atoms with Crippen LogP contribution in [0.5, 0.6) is 0 Å². The van der Waals surface area contributed by atoms with Crippen LogP contribution in [0, 0.1) is 5.82 Å². The number of nitrogens with one attached hydrogen (secondary N) is 1. The van der Waals surface area contributed by atoms with Gasteiger partial charge in [-0.1, -0.05) is 11.6 Å². The molecule has 164 valence electrons. The van der Waals surface area contributed by atoms with Crippen molar-refractivity contribution >= 4 is 35.0 Å². The Kier molecular flexibility index (Phi) is 6.23. The Morgan fingerprint density at radius 1 is 0.906 bits per heavy atom. The van der Waals surface area contributed by atoms with Gasteiger partial charge in [0.15, 0.2) is 5.76 Å². The minimum absolute atomic E-state index is 0.0792. The van der Waals surface area contributed by atoms with Gasteiger partial charge in [0, 0.05) is 42.5 Å². The summed E-state index contributed by atoms with van der Waals surface area (Å²) in [4.78, 5) is 40.6. The third-order valence-corrected chi connectivity index (χ3v) is 5.38. The van der Waals surface area contributed by atoms with Crippen LogP contribution in [-0.4, -0.2) is 53.7 Å². The van der Waals surface area contributed by atoms with Crippen LogP contribution in [0.1, 0.15) is 31.3 Å². The second-order valence-electron chi connectivity index (χ2n) is 7.22. The zero-order chi connectivity index (χ0) is 22.7. The second-order valence-corrected chi connectivity index (χ2v) is 7.65. The van der Waals surface area contributed by atoms with Gasteiger partial charge in [0.05, 0.1) is 11.8 Å². The quantitative estimate of drug-likeness (QED) is 0.646. The van der Waals surface area contributed by atoms with Crippen LogP contribution in [0.15, 0.2) is 65.3 Å². The zero-order valence-corrected chi connectivity index (χ0v) is 17.6. The topological polar surface area (TPSA) is 82.9 Å². The molecule has 3 aromatic rings. The molecule has 0 atom stereocenters. The highest BCUT2D eigenvalue weighted by Gasteiger charge is 2.27. The van der Waals surface area contributed by atoms with Crippen molar-refractivity contribution in [1.82, 2.24) is 9.80 Å². The van der Waals surface area contributed by atoms with Crippen LogP contribution >= 0.6 is 11.6 Å². The lowest BCUT2D eigenvalue weighted by molar-refractivity contribution is 0.0533. The van der Waals surface area contributed by atoms with Gasteiger partial charge in [-0.05, 0) is 54.6 Å². The van der Waals surface area contributed by atoms with Gasteiger partial charge in [-0.2, -0.15) is 0 Å². The number of carbonyl (C=O) groups excluding carboxylic acids is 3. The minimum Gasteiger partial charge on any atom is -0.459 e. The summed E-state index contributed by atoms with van der Waals surface area (Å²) in [7, 11) is 0. The van der Waals surface area contributed by atoms with Crippen LogP contribution in [0.25, 0.3) is 0 Å². The third kappa shape index (κ3) is 4.65. The molecule has 1 saturated heterocycles. The lowest BCUT2D eigenvalue weighted by Gasteiger charge is -2.35. The maximum atomic E-state index is 14.0. The average molecular weight is 456 g/mol. The van der Waals surface area contributed by atoms with Crippen LogP contribution in [-0.2, 0) is 0 Å². The Morgan fingerprint density at radius 2 is 1.56 bits per heavy atom. The number of carbonyl (C=O) groups is 3. The minimum atomic E-state index is -0.628. The Balaban J connectivity index is 1.34. The van der Waals surface area contributed by atoms with E-state index in [2.05, 4.69) is 5.32 Å². The highest BCUT2D eigenvalue weighted by molar-refractivity contribution is 6.31. The van der Waals surface area contributed by atoms with Crippen LogP contribution in [0.2, 0.25) is 5.02 Å². The number of hydrogen-bond acceptors (Lipinski definition) is 4. The highest BCUT2D eigenvalue weighted by Crippen LogP contribution is 2.19. The van der Waals surface area contributed by atoms with E-state index in [1.807, 2.05) is 0 Å². The molecule has 1 aliphatic rings. The van der Waals surface area contributed by atoms with Crippen LogP contribution in [0.4, 0.5) is 10.1 Å². The fourth-order valence-electron chi connectivity index (χ4n) is 3.42. The molecule has 2 aromatic carbocycles. The lowest BCUT2D eigenvalue weighted by Crippen LogP contribution is -2.50. The van der Waals surface area contributed by atoms with Crippen molar-refractivity contribution in [3.8, 4) is 0 Å². The van der Waals surface area contributed by atoms with Crippen molar-refractivity contribution in [1.29, 1.82) is 0 Å². The van der Waals surface area contributed by atoms with Gasteiger partial charge in [-0.25, -0.2) is 4.39 Å². The van der Waals surface area contributed by atoms with Crippen LogP contribution < -0.4 is 5.32 Å². The summed E-state index contributed by atoms with van der Waals surface area (Å²) in [6.45, 7) is 1.22. The number of amides is 3. The molecule has 0 saturated carbocycles. The fraction of sp³-hybridized carbons (Fsp3) is 0.174. The van der Waals surface area contributed by atoms with E-state index in [9.17, 15) is 18.8 Å². The third-order valence-electron chi connectivity index (χ3n) is 5.15. The van der Waals surface area contributed by atoms with E-state index in [4.69, 9.17) is 16.0 Å². The Labute approximate surface area is 188 Å². The molecule has 2 heterocycles. The van der Waals surface area contributed by atoms with Gasteiger partial charge in [0.2, 0.25) is 0 Å². The van der Waals surface area contributed by atoms with Crippen molar-refractivity contribution < 1.29 is 23.2 Å². The van der Waals surface area contributed by atoms with Gasteiger partial charge in [0.1, 0.15) is 5.82 Å². The molecule has 3 amide bonds. The molecular formula is C23H19ClFN3O4. The standard InChI is InChI=1S/C23H19ClFN3O4/c24-16-5-8-19(25)18(14-16)23(31)28-11-9-27(10-12-28)22(30)15-3-6-17(7-4-15)26-21(29)20-2-1-13-32-20/h1-8,13-14H,9-12H2,(H,26,29). The molecule has 1 aromatic heterocycles. The summed E-state index contributed by atoms with van der Waals surface area (Å²) in [5.74, 6) is -1.46. The monoisotopic (exact) mass is 455 g/mol. The molecular weight excluding hydrogens is 437 g/mol. The van der Waals surface area contributed by atoms with E-state index in [0.717, 1.165) is 6.07 Å². The molecule has 0 unspecified atom stereocenters. The molecule has 0 aliphatic carbocycles. The van der Waals surface area contributed by atoms with E-state index in [1.165, 1.54) is 23.3 Å². The number of benzene rings is 2. The summed E-state index contributed by atoms with van der Waals surface area (Å²) in [6.07, 6.45) is 1.41. The summed E-state index contributed by atoms with van der Waals surface area (Å²) in [5, 5.41) is 2.98. The van der Waals surface area contributed by atoms with Gasteiger partial charge in [-0.3, -0.25) is 14.4 Å². The highest BCUT2D eigenvalue weighted by atomic mass is 35.5. The van der Waals surface area contributed by atoms with Gasteiger partial charge in [-0.15, -0.1) is 0 Å². The first-order valence-corrected chi connectivity index (χ1v) is 10.3. The number of rotatable bonds is 4. The normalized spacial score (nSPS) is 13.7. The van der Waals surface area contributed by atoms with E-state index >= 15 is 0 Å². The number of halogens is 2. The molecule has 0 radical (unpaired) electrons. The summed E-state index contributed by atoms with van der Waals surface area (Å²) < 4.78 is 19.0. The first kappa shape index (κ1) is 21.6. The fourth-order valence-corrected chi connectivity index (χ4v) is 3.60. The zero-order valence-electron chi connectivity index (χ0n) is 16.9. The number of nitrogens with zero attached hydrogens (tertiary/aromatic N) is 2. The molecule has 1 aliphatic heterocycles. The Morgan fingerprint density at radius 3 is 2.19 bits per heavy atom. The molecule has 1 fully saturated rings. The second kappa shape index (κ2) is 9.23. The molecule has 7 nitrogen and oxygen atoms in total. The van der Waals surface area contributed by atoms with E-state index in [0.29, 0.717) is 24.3 Å². The smallest absolute Gasteiger partial charge is 0.291 e. The van der Waals surface area contributed by atoms with Gasteiger partial charge in [0.25, 0.3) is 17.7 Å². The SMILES string of the molecule is O=C(Nc1ccc(C(=O)N2CCN(C(=O)c3cc(Cl)ccc3F)CC2)cc1)c1ccco1. The maximum absolute atomic E-state index is 14.0. The number of anilines is 1. The van der Waals surface area contributed by atoms with Gasteiger partial charge < -0.3 is 19.5 Å². The maximum Gasteiger partial charge on any atom is 0.291 e. The molecule has 0 bridgehead atoms. The lowest BCUT2D eigenvalue weighted by atomic mass is 10.1. The van der Waals surface area contributed by atoms with E-state index < -0.39 is 11.7 Å². The molecule has 1 N–H and O–H groups in total. The predicted octanol–water partition coefficient (Wildman–Crippen LogP) is 3.92. The first-order chi connectivity index (χ1) is 15.4. The Bertz CT molecular complexity index is 1140. The molecule has 32 heavy (non-hydrogen) atoms. The van der Waals surface area contributed by atoms with E-state index in [1.54, 1.807) is 41.3 Å². The van der Waals surface area contributed by atoms with Gasteiger partial charge >= 0.3 is 0 Å². The van der Waals surface area contributed by atoms with E-state index in [-0.39, 0.29) is 41.3 Å². The number of piperazine rings is 1. The number of hydrogen-bond donors (Lipinski definition) is 1. The van der Waals surface area contributed by atoms with Crippen molar-refractivity contribution in [2.24, 2.45) is 0 Å². The summed E-state index contributed by atoms with van der Waals surface area (Å²) in [6, 6.07) is 13.5. The van der Waals surface area contributed by atoms with Crippen molar-refractivity contribution in [2.45, 2.75) is 0 Å². The number of furan rings is 1. The van der Waals surface area contributed by atoms with Crippen molar-refractivity contribution in [3.63, 3.8) is 0 Å². The predicted molar refractivity (Wildman–Crippen MR) is 116 cm³/mol. The average Bonchev–Trinajstić information content (AvgIpc) is 3.36. The Hall–Kier alpha value is -3.65. The van der Waals surface area contributed by atoms with Crippen LogP contribution in [0.3, 0.4) is 0 Å². The summed E-state index contributed by atoms with van der Waals surface area (Å²) in [5.41, 5.74) is 0.910. The first-order valence-electron chi connectivity index (χ1n) is 9.91. The molecule has 9 heteroatoms. The molecule has 4 rings (SSSR count). The molecule has 0 spiro atoms. The largest absolute Gasteiger partial charge is 0.459 e. The van der Waals surface area contributed by atoms with Crippen molar-refractivity contribution in [2.75, 3.05) is 31.5 Å².